The van der Waals surface area contributed by atoms with E-state index in [0.29, 0.717) is 28.7 Å². The Bertz CT molecular complexity index is 2280. The molecule has 0 fully saturated rings. The fourth-order valence-electron chi connectivity index (χ4n) is 6.68. The van der Waals surface area contributed by atoms with Crippen molar-refractivity contribution in [1.82, 2.24) is 0 Å². The molecule has 0 amide bonds. The van der Waals surface area contributed by atoms with Crippen LogP contribution in [0.15, 0.2) is 131 Å². The number of hydrogen-bond acceptors (Lipinski definition) is 9. The Kier molecular flexibility index (Phi) is 12.9. The average molecular weight is 807 g/mol. The summed E-state index contributed by atoms with van der Waals surface area (Å²) in [5.74, 6) is 1.73. The lowest BCUT2D eigenvalue weighted by Gasteiger charge is -2.31. The minimum atomic E-state index is -3.77. The van der Waals surface area contributed by atoms with Crippen molar-refractivity contribution in [3.05, 3.63) is 138 Å². The molecule has 0 atom stereocenters. The van der Waals surface area contributed by atoms with Gasteiger partial charge in [0.2, 0.25) is 9.84 Å². The molecule has 0 aliphatic rings. The molecule has 9 nitrogen and oxygen atoms in total. The number of carbonyl (C=O) groups excluding carboxylic acids is 2. The van der Waals surface area contributed by atoms with Gasteiger partial charge in [-0.1, -0.05) is 71.0 Å². The van der Waals surface area contributed by atoms with Crippen LogP contribution in [-0.2, 0) is 35.0 Å². The molecule has 0 radical (unpaired) electrons. The van der Waals surface area contributed by atoms with Crippen LogP contribution in [0.3, 0.4) is 0 Å². The molecule has 0 aliphatic heterocycles. The van der Waals surface area contributed by atoms with Crippen LogP contribution >= 0.6 is 0 Å². The van der Waals surface area contributed by atoms with E-state index in [9.17, 15) is 18.0 Å². The van der Waals surface area contributed by atoms with Crippen molar-refractivity contribution in [2.45, 2.75) is 89.4 Å². The molecule has 306 valence electrons. The zero-order chi connectivity index (χ0) is 42.5. The Morgan fingerprint density at radius 2 is 0.845 bits per heavy atom. The van der Waals surface area contributed by atoms with Gasteiger partial charge >= 0.3 is 11.9 Å². The number of hydrogen-bond donors (Lipinski definition) is 1. The van der Waals surface area contributed by atoms with Crippen LogP contribution in [0.25, 0.3) is 0 Å². The van der Waals surface area contributed by atoms with E-state index in [1.807, 2.05) is 60.7 Å². The molecule has 0 unspecified atom stereocenters. The minimum absolute atomic E-state index is 0.0332. The van der Waals surface area contributed by atoms with Gasteiger partial charge in [-0.3, -0.25) is 9.59 Å². The third-order valence-electron chi connectivity index (χ3n) is 10.1. The van der Waals surface area contributed by atoms with Crippen LogP contribution in [0.5, 0.6) is 28.7 Å². The van der Waals surface area contributed by atoms with E-state index in [0.717, 1.165) is 11.1 Å². The quantitative estimate of drug-likeness (QED) is 0.0813. The van der Waals surface area contributed by atoms with Gasteiger partial charge in [0, 0.05) is 5.41 Å². The number of sulfone groups is 1. The van der Waals surface area contributed by atoms with Crippen molar-refractivity contribution in [3.63, 3.8) is 0 Å². The Labute approximate surface area is 342 Å². The predicted octanol–water partition coefficient (Wildman–Crippen LogP) is 10.6. The summed E-state index contributed by atoms with van der Waals surface area (Å²) in [7, 11) is -3.77. The number of esters is 2. The number of aliphatic hydroxyl groups is 1. The predicted molar refractivity (Wildman–Crippen MR) is 224 cm³/mol. The topological polar surface area (TPSA) is 125 Å². The van der Waals surface area contributed by atoms with Crippen molar-refractivity contribution >= 4 is 21.8 Å². The summed E-state index contributed by atoms with van der Waals surface area (Å²) in [5.41, 5.74) is 0.915. The fraction of sp³-hybridized carbons (Fsp3) is 0.333. The highest BCUT2D eigenvalue weighted by atomic mass is 32.2. The highest BCUT2D eigenvalue weighted by Crippen LogP contribution is 2.38. The molecule has 5 rings (SSSR count). The molecule has 0 spiro atoms. The van der Waals surface area contributed by atoms with E-state index < -0.39 is 38.0 Å². The first kappa shape index (κ1) is 43.7. The standard InChI is InChI=1S/C48H54O9S/c1-45(2,3)33-10-16-36(17-11-33)55-38-22-26-41(27-23-38)58(52,53)42-28-24-39(25-29-42)56-37-18-12-34(13-19-37)48(8,9)35-14-20-40(21-15-35)57-44(51)47(6,7)32-46(4,5)43(50)54-31-30-49/h10-29,49H,30-32H2,1-9H3. The lowest BCUT2D eigenvalue weighted by Crippen LogP contribution is -2.38. The number of benzene rings is 5. The molecule has 58 heavy (non-hydrogen) atoms. The average Bonchev–Trinajstić information content (AvgIpc) is 3.17. The summed E-state index contributed by atoms with van der Waals surface area (Å²) < 4.78 is 49.7. The third-order valence-corrected chi connectivity index (χ3v) is 11.9. The number of carbonyl (C=O) groups is 2. The van der Waals surface area contributed by atoms with E-state index in [2.05, 4.69) is 34.6 Å². The first-order valence-electron chi connectivity index (χ1n) is 19.2. The second-order valence-corrected chi connectivity index (χ2v) is 19.2. The second-order valence-electron chi connectivity index (χ2n) is 17.3. The highest BCUT2D eigenvalue weighted by Gasteiger charge is 2.41. The molecule has 0 bridgehead atoms. The Morgan fingerprint density at radius 1 is 0.500 bits per heavy atom. The lowest BCUT2D eigenvalue weighted by atomic mass is 9.75. The summed E-state index contributed by atoms with van der Waals surface area (Å²) in [6.45, 7) is 17.1. The van der Waals surface area contributed by atoms with Crippen LogP contribution in [-0.4, -0.2) is 38.7 Å². The van der Waals surface area contributed by atoms with Gasteiger partial charge in [0.1, 0.15) is 35.4 Å². The van der Waals surface area contributed by atoms with Gasteiger partial charge in [0.05, 0.1) is 27.2 Å². The molecular weight excluding hydrogens is 753 g/mol. The van der Waals surface area contributed by atoms with Crippen LogP contribution in [0.1, 0.15) is 85.4 Å². The number of aliphatic hydroxyl groups excluding tert-OH is 1. The summed E-state index contributed by atoms with van der Waals surface area (Å²) in [4.78, 5) is 25.9. The van der Waals surface area contributed by atoms with Crippen LogP contribution in [0.4, 0.5) is 0 Å². The maximum absolute atomic E-state index is 13.4. The van der Waals surface area contributed by atoms with Crippen molar-refractivity contribution < 1.29 is 42.1 Å². The zero-order valence-electron chi connectivity index (χ0n) is 34.8. The molecule has 0 aromatic heterocycles. The van der Waals surface area contributed by atoms with Crippen LogP contribution in [0, 0.1) is 10.8 Å². The van der Waals surface area contributed by atoms with E-state index >= 15 is 0 Å². The minimum Gasteiger partial charge on any atom is -0.463 e. The maximum atomic E-state index is 13.4. The van der Waals surface area contributed by atoms with Gasteiger partial charge in [0.15, 0.2) is 0 Å². The van der Waals surface area contributed by atoms with Crippen LogP contribution in [0.2, 0.25) is 0 Å². The Hall–Kier alpha value is -5.45. The Balaban J connectivity index is 1.17. The summed E-state index contributed by atoms with van der Waals surface area (Å²) >= 11 is 0. The van der Waals surface area contributed by atoms with Crippen molar-refractivity contribution in [2.75, 3.05) is 13.2 Å². The van der Waals surface area contributed by atoms with E-state index in [1.54, 1.807) is 76.2 Å². The summed E-state index contributed by atoms with van der Waals surface area (Å²) in [6.07, 6.45) is 0.196. The smallest absolute Gasteiger partial charge is 0.316 e. The molecule has 5 aromatic rings. The fourth-order valence-corrected chi connectivity index (χ4v) is 7.94. The van der Waals surface area contributed by atoms with Gasteiger partial charge in [-0.05, 0) is 141 Å². The normalized spacial score (nSPS) is 12.4. The zero-order valence-corrected chi connectivity index (χ0v) is 35.6. The molecule has 1 N–H and O–H groups in total. The van der Waals surface area contributed by atoms with E-state index in [4.69, 9.17) is 24.1 Å². The highest BCUT2D eigenvalue weighted by molar-refractivity contribution is 7.91. The first-order valence-corrected chi connectivity index (χ1v) is 20.7. The summed E-state index contributed by atoms with van der Waals surface area (Å²) in [5, 5.41) is 8.98. The number of ether oxygens (including phenoxy) is 4. The molecule has 0 saturated carbocycles. The van der Waals surface area contributed by atoms with Crippen molar-refractivity contribution in [2.24, 2.45) is 10.8 Å². The Morgan fingerprint density at radius 3 is 1.22 bits per heavy atom. The van der Waals surface area contributed by atoms with Crippen molar-refractivity contribution in [3.8, 4) is 28.7 Å². The molecular formula is C48H54O9S. The second kappa shape index (κ2) is 17.2. The van der Waals surface area contributed by atoms with E-state index in [1.165, 1.54) is 17.7 Å². The van der Waals surface area contributed by atoms with Gasteiger partial charge in [-0.15, -0.1) is 0 Å². The van der Waals surface area contributed by atoms with Crippen LogP contribution < -0.4 is 14.2 Å². The molecule has 0 aliphatic carbocycles. The monoisotopic (exact) mass is 806 g/mol. The lowest BCUT2D eigenvalue weighted by molar-refractivity contribution is -0.159. The number of rotatable bonds is 15. The first-order chi connectivity index (χ1) is 27.1. The van der Waals surface area contributed by atoms with Gasteiger partial charge < -0.3 is 24.1 Å². The van der Waals surface area contributed by atoms with Gasteiger partial charge in [-0.25, -0.2) is 8.42 Å². The van der Waals surface area contributed by atoms with Gasteiger partial charge in [0.25, 0.3) is 0 Å². The van der Waals surface area contributed by atoms with Gasteiger partial charge in [-0.2, -0.15) is 0 Å². The maximum Gasteiger partial charge on any atom is 0.316 e. The molecule has 0 saturated heterocycles. The molecule has 5 aromatic carbocycles. The third kappa shape index (κ3) is 10.5. The largest absolute Gasteiger partial charge is 0.463 e. The molecule has 0 heterocycles. The molecule has 10 heteroatoms. The summed E-state index contributed by atoms with van der Waals surface area (Å²) in [6, 6.07) is 35.6. The SMILES string of the molecule is CC(C)(CC(C)(C)C(=O)Oc1ccc(C(C)(C)c2ccc(Oc3ccc(S(=O)(=O)c4ccc(Oc5ccc(C(C)(C)C)cc5)cc4)cc3)cc2)cc1)C(=O)OCCO. The van der Waals surface area contributed by atoms with Crippen molar-refractivity contribution in [1.29, 1.82) is 0 Å². The van der Waals surface area contributed by atoms with E-state index in [-0.39, 0.29) is 34.8 Å².